The minimum atomic E-state index is 0.221. The standard InChI is InChI=1S/C16H20ClN5/c1-11-3-5-13(6-4-11)18-15-19-14(17)20-16(21-15)22-9-7-12(2)8-10-22/h3-6,12H,7-10H2,1-2H3,(H,18,19,20,21). The van der Waals surface area contributed by atoms with Crippen LogP contribution in [0.2, 0.25) is 5.28 Å². The van der Waals surface area contributed by atoms with Gasteiger partial charge in [0.25, 0.3) is 0 Å². The monoisotopic (exact) mass is 317 g/mol. The molecule has 1 aromatic carbocycles. The predicted molar refractivity (Wildman–Crippen MR) is 89.9 cm³/mol. The van der Waals surface area contributed by atoms with Crippen molar-refractivity contribution in [1.82, 2.24) is 15.0 Å². The van der Waals surface area contributed by atoms with Gasteiger partial charge in [-0.3, -0.25) is 0 Å². The molecule has 0 radical (unpaired) electrons. The topological polar surface area (TPSA) is 53.9 Å². The molecule has 1 aromatic heterocycles. The van der Waals surface area contributed by atoms with Gasteiger partial charge in [-0.25, -0.2) is 0 Å². The van der Waals surface area contributed by atoms with Gasteiger partial charge in [0.1, 0.15) is 0 Å². The zero-order valence-electron chi connectivity index (χ0n) is 12.9. The number of aromatic nitrogens is 3. The fraction of sp³-hybridized carbons (Fsp3) is 0.438. The first-order valence-electron chi connectivity index (χ1n) is 7.60. The van der Waals surface area contributed by atoms with E-state index in [-0.39, 0.29) is 5.28 Å². The van der Waals surface area contributed by atoms with Gasteiger partial charge in [0, 0.05) is 18.8 Å². The highest BCUT2D eigenvalue weighted by atomic mass is 35.5. The summed E-state index contributed by atoms with van der Waals surface area (Å²) in [5.74, 6) is 1.90. The third-order valence-electron chi connectivity index (χ3n) is 3.97. The van der Waals surface area contributed by atoms with Crippen molar-refractivity contribution < 1.29 is 0 Å². The molecule has 1 N–H and O–H groups in total. The third kappa shape index (κ3) is 3.65. The molecular weight excluding hydrogens is 298 g/mol. The first-order valence-corrected chi connectivity index (χ1v) is 7.98. The fourth-order valence-corrected chi connectivity index (χ4v) is 2.67. The highest BCUT2D eigenvalue weighted by Gasteiger charge is 2.19. The van der Waals surface area contributed by atoms with Gasteiger partial charge in [0.2, 0.25) is 17.2 Å². The summed E-state index contributed by atoms with van der Waals surface area (Å²) >= 11 is 6.06. The maximum Gasteiger partial charge on any atom is 0.233 e. The molecule has 22 heavy (non-hydrogen) atoms. The normalized spacial score (nSPS) is 15.9. The molecular formula is C16H20ClN5. The molecule has 1 saturated heterocycles. The largest absolute Gasteiger partial charge is 0.341 e. The minimum absolute atomic E-state index is 0.221. The molecule has 1 aliphatic rings. The maximum atomic E-state index is 6.06. The van der Waals surface area contributed by atoms with Gasteiger partial charge >= 0.3 is 0 Å². The van der Waals surface area contributed by atoms with Crippen molar-refractivity contribution in [3.8, 4) is 0 Å². The van der Waals surface area contributed by atoms with Crippen molar-refractivity contribution in [1.29, 1.82) is 0 Å². The summed E-state index contributed by atoms with van der Waals surface area (Å²) in [6.45, 7) is 6.26. The number of piperidine rings is 1. The van der Waals surface area contributed by atoms with Crippen LogP contribution < -0.4 is 10.2 Å². The third-order valence-corrected chi connectivity index (χ3v) is 4.14. The summed E-state index contributed by atoms with van der Waals surface area (Å²) in [5.41, 5.74) is 2.15. The summed E-state index contributed by atoms with van der Waals surface area (Å²) in [4.78, 5) is 15.1. The van der Waals surface area contributed by atoms with Crippen LogP contribution in [0, 0.1) is 12.8 Å². The van der Waals surface area contributed by atoms with Crippen LogP contribution in [0.4, 0.5) is 17.6 Å². The van der Waals surface area contributed by atoms with E-state index in [4.69, 9.17) is 11.6 Å². The second-order valence-electron chi connectivity index (χ2n) is 5.89. The molecule has 5 nitrogen and oxygen atoms in total. The molecule has 2 heterocycles. The highest BCUT2D eigenvalue weighted by molar-refractivity contribution is 6.28. The minimum Gasteiger partial charge on any atom is -0.341 e. The first-order chi connectivity index (χ1) is 10.6. The summed E-state index contributed by atoms with van der Waals surface area (Å²) in [6, 6.07) is 8.07. The van der Waals surface area contributed by atoms with Gasteiger partial charge in [-0.15, -0.1) is 0 Å². The molecule has 0 atom stereocenters. The van der Waals surface area contributed by atoms with Crippen LogP contribution in [-0.2, 0) is 0 Å². The summed E-state index contributed by atoms with van der Waals surface area (Å²) < 4.78 is 0. The van der Waals surface area contributed by atoms with E-state index < -0.39 is 0 Å². The SMILES string of the molecule is Cc1ccc(Nc2nc(Cl)nc(N3CCC(C)CC3)n2)cc1. The molecule has 0 saturated carbocycles. The number of rotatable bonds is 3. The Bertz CT molecular complexity index is 635. The van der Waals surface area contributed by atoms with Crippen LogP contribution in [-0.4, -0.2) is 28.0 Å². The molecule has 116 valence electrons. The quantitative estimate of drug-likeness (QED) is 0.932. The number of benzene rings is 1. The Morgan fingerprint density at radius 2 is 1.77 bits per heavy atom. The summed E-state index contributed by atoms with van der Waals surface area (Å²) in [5, 5.41) is 3.41. The average molecular weight is 318 g/mol. The predicted octanol–water partition coefficient (Wildman–Crippen LogP) is 3.81. The van der Waals surface area contributed by atoms with Crippen LogP contribution in [0.15, 0.2) is 24.3 Å². The lowest BCUT2D eigenvalue weighted by Crippen LogP contribution is -2.34. The number of hydrogen-bond donors (Lipinski definition) is 1. The molecule has 0 amide bonds. The van der Waals surface area contributed by atoms with Crippen LogP contribution in [0.25, 0.3) is 0 Å². The molecule has 0 unspecified atom stereocenters. The summed E-state index contributed by atoms with van der Waals surface area (Å²) in [7, 11) is 0. The lowest BCUT2D eigenvalue weighted by Gasteiger charge is -2.30. The Morgan fingerprint density at radius 3 is 2.45 bits per heavy atom. The number of nitrogens with one attached hydrogen (secondary N) is 1. The number of hydrogen-bond acceptors (Lipinski definition) is 5. The second kappa shape index (κ2) is 6.48. The van der Waals surface area contributed by atoms with Crippen molar-refractivity contribution >= 4 is 29.2 Å². The van der Waals surface area contributed by atoms with Crippen molar-refractivity contribution in [2.75, 3.05) is 23.3 Å². The average Bonchev–Trinajstić information content (AvgIpc) is 2.50. The van der Waals surface area contributed by atoms with Crippen molar-refractivity contribution in [2.24, 2.45) is 5.92 Å². The molecule has 0 spiro atoms. The van der Waals surface area contributed by atoms with Crippen molar-refractivity contribution in [3.05, 3.63) is 35.1 Å². The fourth-order valence-electron chi connectivity index (χ4n) is 2.51. The van der Waals surface area contributed by atoms with E-state index in [1.54, 1.807) is 0 Å². The molecule has 0 aliphatic carbocycles. The second-order valence-corrected chi connectivity index (χ2v) is 6.23. The van der Waals surface area contributed by atoms with Crippen LogP contribution in [0.1, 0.15) is 25.3 Å². The molecule has 1 aliphatic heterocycles. The van der Waals surface area contributed by atoms with E-state index in [2.05, 4.69) is 39.0 Å². The van der Waals surface area contributed by atoms with Crippen LogP contribution >= 0.6 is 11.6 Å². The van der Waals surface area contributed by atoms with Crippen molar-refractivity contribution in [2.45, 2.75) is 26.7 Å². The lowest BCUT2D eigenvalue weighted by molar-refractivity contribution is 0.434. The zero-order valence-corrected chi connectivity index (χ0v) is 13.6. The van der Waals surface area contributed by atoms with E-state index in [1.165, 1.54) is 5.56 Å². The summed E-state index contributed by atoms with van der Waals surface area (Å²) in [6.07, 6.45) is 2.31. The lowest BCUT2D eigenvalue weighted by atomic mass is 10.00. The van der Waals surface area contributed by atoms with Gasteiger partial charge in [0.15, 0.2) is 0 Å². The van der Waals surface area contributed by atoms with Gasteiger partial charge < -0.3 is 10.2 Å². The van der Waals surface area contributed by atoms with Gasteiger partial charge in [-0.1, -0.05) is 24.6 Å². The van der Waals surface area contributed by atoms with E-state index >= 15 is 0 Å². The van der Waals surface area contributed by atoms with Gasteiger partial charge in [-0.2, -0.15) is 15.0 Å². The van der Waals surface area contributed by atoms with E-state index in [0.29, 0.717) is 11.9 Å². The zero-order chi connectivity index (χ0) is 15.5. The molecule has 6 heteroatoms. The Balaban J connectivity index is 1.79. The smallest absolute Gasteiger partial charge is 0.233 e. The van der Waals surface area contributed by atoms with Crippen LogP contribution in [0.3, 0.4) is 0 Å². The van der Waals surface area contributed by atoms with Gasteiger partial charge in [0.05, 0.1) is 0 Å². The highest BCUT2D eigenvalue weighted by Crippen LogP contribution is 2.23. The Kier molecular flexibility index (Phi) is 4.43. The molecule has 3 rings (SSSR count). The van der Waals surface area contributed by atoms with Gasteiger partial charge in [-0.05, 0) is 49.4 Å². The number of halogens is 1. The number of aryl methyl sites for hydroxylation is 1. The van der Waals surface area contributed by atoms with E-state index in [1.807, 2.05) is 24.3 Å². The Morgan fingerprint density at radius 1 is 1.09 bits per heavy atom. The van der Waals surface area contributed by atoms with E-state index in [9.17, 15) is 0 Å². The Hall–Kier alpha value is -1.88. The van der Waals surface area contributed by atoms with Crippen molar-refractivity contribution in [3.63, 3.8) is 0 Å². The molecule has 2 aromatic rings. The Labute approximate surface area is 135 Å². The molecule has 0 bridgehead atoms. The molecule has 1 fully saturated rings. The maximum absolute atomic E-state index is 6.06. The first kappa shape index (κ1) is 15.0. The number of nitrogens with zero attached hydrogens (tertiary/aromatic N) is 4. The number of anilines is 3. The van der Waals surface area contributed by atoms with E-state index in [0.717, 1.165) is 37.5 Å². The van der Waals surface area contributed by atoms with Crippen LogP contribution in [0.5, 0.6) is 0 Å².